The number of rotatable bonds is 8. The third-order valence-corrected chi connectivity index (χ3v) is 3.01. The third-order valence-electron chi connectivity index (χ3n) is 2.60. The number of carbonyl (C=O) groups excluding carboxylic acids is 1. The van der Waals surface area contributed by atoms with Crippen LogP contribution in [-0.2, 0) is 16.0 Å². The molecule has 0 saturated carbocycles. The van der Waals surface area contributed by atoms with Gasteiger partial charge in [-0.2, -0.15) is 0 Å². The summed E-state index contributed by atoms with van der Waals surface area (Å²) in [7, 11) is 3.44. The van der Waals surface area contributed by atoms with Gasteiger partial charge < -0.3 is 15.0 Å². The number of anilines is 1. The lowest BCUT2D eigenvalue weighted by atomic mass is 10.3. The fraction of sp³-hybridized carbons (Fsp3) is 0.615. The van der Waals surface area contributed by atoms with E-state index in [9.17, 15) is 4.79 Å². The van der Waals surface area contributed by atoms with Gasteiger partial charge in [-0.15, -0.1) is 0 Å². The maximum absolute atomic E-state index is 11.7. The van der Waals surface area contributed by atoms with E-state index in [0.717, 1.165) is 29.1 Å². The molecule has 20 heavy (non-hydrogen) atoms. The van der Waals surface area contributed by atoms with Crippen molar-refractivity contribution in [2.75, 3.05) is 38.8 Å². The van der Waals surface area contributed by atoms with E-state index in [1.165, 1.54) is 0 Å². The molecule has 0 unspecified atom stereocenters. The number of nitrogens with zero attached hydrogens (tertiary/aromatic N) is 3. The molecule has 0 saturated heterocycles. The summed E-state index contributed by atoms with van der Waals surface area (Å²) in [5.41, 5.74) is 0. The second-order valence-corrected chi connectivity index (χ2v) is 5.23. The molecule has 0 radical (unpaired) electrons. The van der Waals surface area contributed by atoms with Gasteiger partial charge in [0, 0.05) is 33.2 Å². The summed E-state index contributed by atoms with van der Waals surface area (Å²) in [6, 6.07) is 1.81. The van der Waals surface area contributed by atoms with Gasteiger partial charge in [-0.25, -0.2) is 9.97 Å². The summed E-state index contributed by atoms with van der Waals surface area (Å²) in [6.45, 7) is 3.35. The zero-order chi connectivity index (χ0) is 15.0. The Bertz CT molecular complexity index is 442. The minimum Gasteiger partial charge on any atom is -0.383 e. The van der Waals surface area contributed by atoms with E-state index < -0.39 is 0 Å². The highest BCUT2D eigenvalue weighted by atomic mass is 79.9. The topological polar surface area (TPSA) is 67.4 Å². The Morgan fingerprint density at radius 2 is 2.25 bits per heavy atom. The number of aromatic nitrogens is 2. The zero-order valence-corrected chi connectivity index (χ0v) is 13.7. The average molecular weight is 345 g/mol. The number of methoxy groups -OCH3 is 1. The van der Waals surface area contributed by atoms with Gasteiger partial charge in [0.25, 0.3) is 0 Å². The highest BCUT2D eigenvalue weighted by molar-refractivity contribution is 9.10. The van der Waals surface area contributed by atoms with Crippen molar-refractivity contribution in [2.24, 2.45) is 0 Å². The molecule has 1 rings (SSSR count). The predicted molar refractivity (Wildman–Crippen MR) is 81.9 cm³/mol. The van der Waals surface area contributed by atoms with E-state index in [-0.39, 0.29) is 12.5 Å². The van der Waals surface area contributed by atoms with Gasteiger partial charge >= 0.3 is 0 Å². The Morgan fingerprint density at radius 1 is 1.50 bits per heavy atom. The van der Waals surface area contributed by atoms with Crippen molar-refractivity contribution in [3.05, 3.63) is 16.5 Å². The number of likely N-dealkylation sites (N-methyl/N-ethyl adjacent to an activating group) is 1. The largest absolute Gasteiger partial charge is 0.383 e. The van der Waals surface area contributed by atoms with E-state index in [1.807, 2.05) is 13.1 Å². The molecule has 0 fully saturated rings. The van der Waals surface area contributed by atoms with E-state index in [2.05, 4.69) is 38.1 Å². The monoisotopic (exact) mass is 344 g/mol. The molecule has 7 heteroatoms. The van der Waals surface area contributed by atoms with Crippen LogP contribution < -0.4 is 10.2 Å². The van der Waals surface area contributed by atoms with Gasteiger partial charge in [-0.1, -0.05) is 6.92 Å². The van der Waals surface area contributed by atoms with Crippen molar-refractivity contribution in [2.45, 2.75) is 19.8 Å². The summed E-state index contributed by atoms with van der Waals surface area (Å²) in [6.07, 6.45) is 1.80. The smallest absolute Gasteiger partial charge is 0.239 e. The first kappa shape index (κ1) is 16.8. The van der Waals surface area contributed by atoms with Gasteiger partial charge in [0.05, 0.1) is 13.2 Å². The number of amides is 1. The Labute approximate surface area is 128 Å². The van der Waals surface area contributed by atoms with E-state index >= 15 is 0 Å². The minimum absolute atomic E-state index is 0.0590. The van der Waals surface area contributed by atoms with E-state index in [1.54, 1.807) is 12.0 Å². The highest BCUT2D eigenvalue weighted by Crippen LogP contribution is 2.16. The first-order valence-electron chi connectivity index (χ1n) is 6.57. The van der Waals surface area contributed by atoms with Crippen LogP contribution in [0.1, 0.15) is 19.2 Å². The zero-order valence-electron chi connectivity index (χ0n) is 12.1. The number of halogens is 1. The van der Waals surface area contributed by atoms with Crippen LogP contribution in [0.15, 0.2) is 10.7 Å². The Balaban J connectivity index is 2.62. The molecule has 0 aliphatic carbocycles. The number of carbonyl (C=O) groups is 1. The first-order valence-corrected chi connectivity index (χ1v) is 7.36. The van der Waals surface area contributed by atoms with Crippen LogP contribution in [0.4, 0.5) is 5.82 Å². The Hall–Kier alpha value is -1.21. The van der Waals surface area contributed by atoms with Gasteiger partial charge in [0.15, 0.2) is 0 Å². The van der Waals surface area contributed by atoms with Crippen LogP contribution in [-0.4, -0.2) is 49.7 Å². The molecule has 1 heterocycles. The number of aryl methyl sites for hydroxylation is 1. The summed E-state index contributed by atoms with van der Waals surface area (Å²) >= 11 is 3.37. The van der Waals surface area contributed by atoms with Gasteiger partial charge in [-0.05, 0) is 22.4 Å². The number of ether oxygens (including phenoxy) is 1. The molecular formula is C13H21BrN4O2. The van der Waals surface area contributed by atoms with Crippen molar-refractivity contribution in [3.63, 3.8) is 0 Å². The SMILES string of the molecule is CCCc1nc(Br)cc(N(C)CC(=O)NCCOC)n1. The summed E-state index contributed by atoms with van der Waals surface area (Å²) < 4.78 is 5.62. The highest BCUT2D eigenvalue weighted by Gasteiger charge is 2.10. The minimum atomic E-state index is -0.0590. The number of nitrogens with one attached hydrogen (secondary N) is 1. The van der Waals surface area contributed by atoms with Gasteiger partial charge in [-0.3, -0.25) is 4.79 Å². The quantitative estimate of drug-likeness (QED) is 0.570. The standard InChI is InChI=1S/C13H21BrN4O2/c1-4-5-11-16-10(14)8-12(17-11)18(2)9-13(19)15-6-7-20-3/h8H,4-7,9H2,1-3H3,(H,15,19). The molecule has 0 aliphatic rings. The Kier molecular flexibility index (Phi) is 7.46. The molecular weight excluding hydrogens is 324 g/mol. The van der Waals surface area contributed by atoms with Crippen LogP contribution in [0, 0.1) is 0 Å². The molecule has 1 aromatic rings. The van der Waals surface area contributed by atoms with Crippen LogP contribution in [0.2, 0.25) is 0 Å². The third kappa shape index (κ3) is 5.83. The lowest BCUT2D eigenvalue weighted by Gasteiger charge is -2.18. The maximum atomic E-state index is 11.7. The molecule has 0 bridgehead atoms. The van der Waals surface area contributed by atoms with Crippen LogP contribution in [0.25, 0.3) is 0 Å². The molecule has 0 aliphatic heterocycles. The van der Waals surface area contributed by atoms with Crippen molar-refractivity contribution in [3.8, 4) is 0 Å². The van der Waals surface area contributed by atoms with Crippen molar-refractivity contribution >= 4 is 27.7 Å². The molecule has 1 amide bonds. The lowest BCUT2D eigenvalue weighted by Crippen LogP contribution is -2.37. The molecule has 112 valence electrons. The summed E-state index contributed by atoms with van der Waals surface area (Å²) in [5.74, 6) is 1.46. The fourth-order valence-electron chi connectivity index (χ4n) is 1.63. The van der Waals surface area contributed by atoms with Crippen molar-refractivity contribution in [1.82, 2.24) is 15.3 Å². The second kappa shape index (κ2) is 8.86. The van der Waals surface area contributed by atoms with Crippen molar-refractivity contribution in [1.29, 1.82) is 0 Å². The fourth-order valence-corrected chi connectivity index (χ4v) is 2.04. The van der Waals surface area contributed by atoms with Crippen LogP contribution in [0.5, 0.6) is 0 Å². The van der Waals surface area contributed by atoms with Gasteiger partial charge in [0.1, 0.15) is 16.2 Å². The summed E-state index contributed by atoms with van der Waals surface area (Å²) in [4.78, 5) is 22.3. The first-order chi connectivity index (χ1) is 9.56. The van der Waals surface area contributed by atoms with E-state index in [4.69, 9.17) is 4.74 Å². The van der Waals surface area contributed by atoms with Gasteiger partial charge in [0.2, 0.25) is 5.91 Å². The molecule has 1 N–H and O–H groups in total. The van der Waals surface area contributed by atoms with E-state index in [0.29, 0.717) is 13.2 Å². The number of hydrogen-bond acceptors (Lipinski definition) is 5. The van der Waals surface area contributed by atoms with Crippen LogP contribution >= 0.6 is 15.9 Å². The summed E-state index contributed by atoms with van der Waals surface area (Å²) in [5, 5.41) is 2.78. The molecule has 0 aromatic carbocycles. The normalized spacial score (nSPS) is 10.4. The Morgan fingerprint density at radius 3 is 2.90 bits per heavy atom. The molecule has 0 atom stereocenters. The van der Waals surface area contributed by atoms with Crippen molar-refractivity contribution < 1.29 is 9.53 Å². The molecule has 6 nitrogen and oxygen atoms in total. The predicted octanol–water partition coefficient (Wildman–Crippen LogP) is 1.39. The maximum Gasteiger partial charge on any atom is 0.239 e. The van der Waals surface area contributed by atoms with Crippen LogP contribution in [0.3, 0.4) is 0 Å². The number of hydrogen-bond donors (Lipinski definition) is 1. The molecule has 0 spiro atoms. The lowest BCUT2D eigenvalue weighted by molar-refractivity contribution is -0.119. The molecule has 1 aromatic heterocycles. The second-order valence-electron chi connectivity index (χ2n) is 4.41. The average Bonchev–Trinajstić information content (AvgIpc) is 2.38.